The van der Waals surface area contributed by atoms with Crippen molar-refractivity contribution in [3.05, 3.63) is 11.9 Å². The Morgan fingerprint density at radius 1 is 1.70 bits per heavy atom. The molecular weight excluding hydrogens is 150 g/mol. The highest BCUT2D eigenvalue weighted by atomic mass is 35.5. The van der Waals surface area contributed by atoms with Gasteiger partial charge in [-0.2, -0.15) is 0 Å². The second-order valence-corrected chi connectivity index (χ2v) is 2.38. The quantitative estimate of drug-likeness (QED) is 0.618. The highest BCUT2D eigenvalue weighted by molar-refractivity contribution is 6.17. The Hall–Kier alpha value is -0.570. The number of rotatable bonds is 3. The molecule has 0 spiro atoms. The Labute approximate surface area is 65.0 Å². The lowest BCUT2D eigenvalue weighted by atomic mass is 10.4. The van der Waals surface area contributed by atoms with Crippen molar-refractivity contribution >= 4 is 11.6 Å². The summed E-state index contributed by atoms with van der Waals surface area (Å²) in [5.41, 5.74) is 0.969. The van der Waals surface area contributed by atoms with Crippen LogP contribution in [0.3, 0.4) is 0 Å². The van der Waals surface area contributed by atoms with Gasteiger partial charge in [0.05, 0.1) is 5.69 Å². The molecule has 1 heterocycles. The summed E-state index contributed by atoms with van der Waals surface area (Å²) in [5, 5.41) is 7.77. The molecule has 1 rings (SSSR count). The van der Waals surface area contributed by atoms with E-state index in [1.807, 2.05) is 13.1 Å². The van der Waals surface area contributed by atoms with Gasteiger partial charge in [0.25, 0.3) is 0 Å². The van der Waals surface area contributed by atoms with Crippen LogP contribution in [0.2, 0.25) is 0 Å². The molecular formula is C6H10ClN3. The van der Waals surface area contributed by atoms with Gasteiger partial charge in [0, 0.05) is 25.0 Å². The number of hydrogen-bond donors (Lipinski definition) is 0. The van der Waals surface area contributed by atoms with Crippen LogP contribution in [0.5, 0.6) is 0 Å². The van der Waals surface area contributed by atoms with Gasteiger partial charge in [-0.1, -0.05) is 5.21 Å². The van der Waals surface area contributed by atoms with Gasteiger partial charge in [0.2, 0.25) is 0 Å². The van der Waals surface area contributed by atoms with Crippen LogP contribution in [0, 0.1) is 0 Å². The van der Waals surface area contributed by atoms with E-state index in [9.17, 15) is 0 Å². The fourth-order valence-electron chi connectivity index (χ4n) is 0.704. The minimum Gasteiger partial charge on any atom is -0.253 e. The predicted molar refractivity (Wildman–Crippen MR) is 40.1 cm³/mol. The summed E-state index contributed by atoms with van der Waals surface area (Å²) >= 11 is 5.51. The lowest BCUT2D eigenvalue weighted by Gasteiger charge is -1.87. The van der Waals surface area contributed by atoms with Crippen LogP contribution in [-0.2, 0) is 13.0 Å². The maximum Gasteiger partial charge on any atom is 0.0839 e. The van der Waals surface area contributed by atoms with Crippen LogP contribution in [-0.4, -0.2) is 20.9 Å². The van der Waals surface area contributed by atoms with Crippen molar-refractivity contribution in [2.75, 3.05) is 5.88 Å². The van der Waals surface area contributed by atoms with Gasteiger partial charge >= 0.3 is 0 Å². The summed E-state index contributed by atoms with van der Waals surface area (Å²) in [6, 6.07) is 0. The van der Waals surface area contributed by atoms with Gasteiger partial charge in [-0.25, -0.2) is 0 Å². The normalized spacial score (nSPS) is 10.2. The molecule has 10 heavy (non-hydrogen) atoms. The zero-order valence-corrected chi connectivity index (χ0v) is 6.67. The third-order valence-corrected chi connectivity index (χ3v) is 1.45. The van der Waals surface area contributed by atoms with Gasteiger partial charge in [-0.05, 0) is 6.92 Å². The first kappa shape index (κ1) is 7.54. The maximum absolute atomic E-state index is 5.51. The maximum atomic E-state index is 5.51. The third kappa shape index (κ3) is 1.70. The lowest BCUT2D eigenvalue weighted by Crippen LogP contribution is -1.93. The zero-order chi connectivity index (χ0) is 7.40. The standard InChI is InChI=1S/C6H10ClN3/c1-2-10-5-6(3-4-7)8-9-10/h5H,2-4H2,1H3. The molecule has 0 atom stereocenters. The number of nitrogens with zero attached hydrogens (tertiary/aromatic N) is 3. The molecule has 0 aliphatic carbocycles. The van der Waals surface area contributed by atoms with Gasteiger partial charge < -0.3 is 0 Å². The smallest absolute Gasteiger partial charge is 0.0839 e. The minimum atomic E-state index is 0.613. The van der Waals surface area contributed by atoms with E-state index < -0.39 is 0 Å². The number of aromatic nitrogens is 3. The Morgan fingerprint density at radius 2 is 2.50 bits per heavy atom. The molecule has 56 valence electrons. The summed E-state index contributed by atoms with van der Waals surface area (Å²) in [4.78, 5) is 0. The molecule has 4 heteroatoms. The number of halogens is 1. The summed E-state index contributed by atoms with van der Waals surface area (Å²) < 4.78 is 1.79. The van der Waals surface area contributed by atoms with E-state index in [1.54, 1.807) is 4.68 Å². The second kappa shape index (κ2) is 3.56. The zero-order valence-electron chi connectivity index (χ0n) is 5.92. The third-order valence-electron chi connectivity index (χ3n) is 1.26. The molecule has 3 nitrogen and oxygen atoms in total. The average Bonchev–Trinajstić information content (AvgIpc) is 2.37. The topological polar surface area (TPSA) is 30.7 Å². The van der Waals surface area contributed by atoms with Crippen molar-refractivity contribution in [1.82, 2.24) is 15.0 Å². The number of alkyl halides is 1. The molecule has 0 saturated carbocycles. The van der Waals surface area contributed by atoms with E-state index in [4.69, 9.17) is 11.6 Å². The number of hydrogen-bond acceptors (Lipinski definition) is 2. The summed E-state index contributed by atoms with van der Waals surface area (Å²) in [7, 11) is 0. The fourth-order valence-corrected chi connectivity index (χ4v) is 0.898. The van der Waals surface area contributed by atoms with Crippen molar-refractivity contribution in [2.24, 2.45) is 0 Å². The molecule has 0 aliphatic rings. The van der Waals surface area contributed by atoms with Crippen molar-refractivity contribution in [3.63, 3.8) is 0 Å². The summed E-state index contributed by atoms with van der Waals surface area (Å²) in [5.74, 6) is 0.613. The van der Waals surface area contributed by atoms with Crippen LogP contribution < -0.4 is 0 Å². The molecule has 0 saturated heterocycles. The SMILES string of the molecule is CCn1cc(CCCl)nn1. The monoisotopic (exact) mass is 159 g/mol. The van der Waals surface area contributed by atoms with Crippen molar-refractivity contribution in [1.29, 1.82) is 0 Å². The minimum absolute atomic E-state index is 0.613. The molecule has 0 unspecified atom stereocenters. The largest absolute Gasteiger partial charge is 0.253 e. The fraction of sp³-hybridized carbons (Fsp3) is 0.667. The molecule has 0 radical (unpaired) electrons. The molecule has 0 fully saturated rings. The van der Waals surface area contributed by atoms with Crippen LogP contribution in [0.1, 0.15) is 12.6 Å². The van der Waals surface area contributed by atoms with E-state index in [0.717, 1.165) is 18.7 Å². The van der Waals surface area contributed by atoms with Gasteiger partial charge in [0.15, 0.2) is 0 Å². The highest BCUT2D eigenvalue weighted by Gasteiger charge is 1.96. The molecule has 1 aromatic heterocycles. The van der Waals surface area contributed by atoms with E-state index in [2.05, 4.69) is 10.3 Å². The predicted octanol–water partition coefficient (Wildman–Crippen LogP) is 1.08. The van der Waals surface area contributed by atoms with Gasteiger partial charge in [-0.15, -0.1) is 16.7 Å². The van der Waals surface area contributed by atoms with E-state index in [-0.39, 0.29) is 0 Å². The summed E-state index contributed by atoms with van der Waals surface area (Å²) in [6.45, 7) is 2.90. The van der Waals surface area contributed by atoms with Crippen LogP contribution in [0.4, 0.5) is 0 Å². The molecule has 0 aliphatic heterocycles. The Morgan fingerprint density at radius 3 is 3.00 bits per heavy atom. The van der Waals surface area contributed by atoms with Crippen molar-refractivity contribution in [3.8, 4) is 0 Å². The Balaban J connectivity index is 2.59. The first-order valence-corrected chi connectivity index (χ1v) is 3.85. The molecule has 0 N–H and O–H groups in total. The van der Waals surface area contributed by atoms with Crippen LogP contribution in [0.25, 0.3) is 0 Å². The first-order chi connectivity index (χ1) is 4.86. The summed E-state index contributed by atoms with van der Waals surface area (Å²) in [6.07, 6.45) is 2.73. The van der Waals surface area contributed by atoms with E-state index >= 15 is 0 Å². The first-order valence-electron chi connectivity index (χ1n) is 3.31. The average molecular weight is 160 g/mol. The van der Waals surface area contributed by atoms with Crippen LogP contribution in [0.15, 0.2) is 6.20 Å². The lowest BCUT2D eigenvalue weighted by molar-refractivity contribution is 0.626. The van der Waals surface area contributed by atoms with Crippen molar-refractivity contribution in [2.45, 2.75) is 19.9 Å². The van der Waals surface area contributed by atoms with Gasteiger partial charge in [-0.3, -0.25) is 4.68 Å². The number of aryl methyl sites for hydroxylation is 2. The van der Waals surface area contributed by atoms with E-state index in [1.165, 1.54) is 0 Å². The highest BCUT2D eigenvalue weighted by Crippen LogP contribution is 1.95. The molecule has 1 aromatic rings. The van der Waals surface area contributed by atoms with Crippen LogP contribution >= 0.6 is 11.6 Å². The Kier molecular flexibility index (Phi) is 2.68. The van der Waals surface area contributed by atoms with Crippen molar-refractivity contribution < 1.29 is 0 Å². The molecule has 0 bridgehead atoms. The van der Waals surface area contributed by atoms with Gasteiger partial charge in [0.1, 0.15) is 0 Å². The second-order valence-electron chi connectivity index (χ2n) is 2.00. The molecule has 0 amide bonds. The Bertz CT molecular complexity index is 197. The van der Waals surface area contributed by atoms with E-state index in [0.29, 0.717) is 5.88 Å². The molecule has 0 aromatic carbocycles.